The van der Waals surface area contributed by atoms with E-state index < -0.39 is 5.97 Å². The molecule has 1 amide bonds. The maximum absolute atomic E-state index is 11.7. The van der Waals surface area contributed by atoms with Gasteiger partial charge in [0, 0.05) is 17.2 Å². The largest absolute Gasteiger partial charge is 0.497 e. The number of benzene rings is 1. The van der Waals surface area contributed by atoms with Crippen LogP contribution in [0.25, 0.3) is 6.08 Å². The molecule has 0 aliphatic carbocycles. The van der Waals surface area contributed by atoms with Gasteiger partial charge in [-0.1, -0.05) is 0 Å². The molecule has 6 heteroatoms. The molecule has 0 heterocycles. The van der Waals surface area contributed by atoms with Gasteiger partial charge in [-0.15, -0.1) is 0 Å². The number of carbonyl (C=O) groups is 2. The predicted octanol–water partition coefficient (Wildman–Crippen LogP) is 2.17. The molecule has 6 nitrogen and oxygen atoms in total. The highest BCUT2D eigenvalue weighted by Gasteiger charge is 2.14. The van der Waals surface area contributed by atoms with Gasteiger partial charge in [0.15, 0.2) is 6.61 Å². The van der Waals surface area contributed by atoms with Crippen molar-refractivity contribution in [3.8, 4) is 11.5 Å². The summed E-state index contributed by atoms with van der Waals surface area (Å²) < 4.78 is 15.2. The lowest BCUT2D eigenvalue weighted by atomic mass is 10.1. The normalized spacial score (nSPS) is 11.2. The number of hydrogen-bond donors (Lipinski definition) is 1. The zero-order valence-corrected chi connectivity index (χ0v) is 14.1. The Morgan fingerprint density at radius 2 is 1.87 bits per heavy atom. The first-order valence-corrected chi connectivity index (χ1v) is 7.13. The zero-order chi connectivity index (χ0) is 17.5. The molecule has 0 aromatic heterocycles. The Balaban J connectivity index is 2.63. The Morgan fingerprint density at radius 3 is 2.43 bits per heavy atom. The SMILES string of the molecule is COc1ccc(OC)c(C=CC(=O)OCC(=O)NC(C)(C)C)c1. The smallest absolute Gasteiger partial charge is 0.331 e. The minimum absolute atomic E-state index is 0.324. The minimum atomic E-state index is -0.612. The van der Waals surface area contributed by atoms with Gasteiger partial charge in [-0.25, -0.2) is 4.79 Å². The quantitative estimate of drug-likeness (QED) is 0.642. The lowest BCUT2D eigenvalue weighted by molar-refractivity contribution is -0.144. The molecular formula is C17H23NO5. The van der Waals surface area contributed by atoms with Crippen molar-refractivity contribution in [1.29, 1.82) is 0 Å². The zero-order valence-electron chi connectivity index (χ0n) is 14.1. The Morgan fingerprint density at radius 1 is 1.17 bits per heavy atom. The number of methoxy groups -OCH3 is 2. The van der Waals surface area contributed by atoms with Crippen molar-refractivity contribution < 1.29 is 23.8 Å². The molecule has 1 aromatic rings. The summed E-state index contributed by atoms with van der Waals surface area (Å²) in [6.45, 7) is 5.22. The second-order valence-corrected chi connectivity index (χ2v) is 5.85. The second kappa shape index (κ2) is 8.22. The third-order valence-corrected chi connectivity index (χ3v) is 2.70. The average molecular weight is 321 g/mol. The molecular weight excluding hydrogens is 298 g/mol. The Hall–Kier alpha value is -2.50. The summed E-state index contributed by atoms with van der Waals surface area (Å²) in [6, 6.07) is 5.22. The lowest BCUT2D eigenvalue weighted by Crippen LogP contribution is -2.42. The van der Waals surface area contributed by atoms with Crippen LogP contribution < -0.4 is 14.8 Å². The summed E-state index contributed by atoms with van der Waals surface area (Å²) >= 11 is 0. The van der Waals surface area contributed by atoms with Crippen LogP contribution in [0.15, 0.2) is 24.3 Å². The van der Waals surface area contributed by atoms with Crippen molar-refractivity contribution in [2.24, 2.45) is 0 Å². The van der Waals surface area contributed by atoms with Crippen molar-refractivity contribution in [2.45, 2.75) is 26.3 Å². The van der Waals surface area contributed by atoms with E-state index in [0.717, 1.165) is 0 Å². The lowest BCUT2D eigenvalue weighted by Gasteiger charge is -2.20. The Labute approximate surface area is 136 Å². The standard InChI is InChI=1S/C17H23NO5/c1-17(2,3)18-15(19)11-23-16(20)9-6-12-10-13(21-4)7-8-14(12)22-5/h6-10H,11H2,1-5H3,(H,18,19). The van der Waals surface area contributed by atoms with Gasteiger partial charge in [0.25, 0.3) is 5.91 Å². The van der Waals surface area contributed by atoms with Gasteiger partial charge in [0.05, 0.1) is 14.2 Å². The number of esters is 1. The van der Waals surface area contributed by atoms with E-state index in [4.69, 9.17) is 14.2 Å². The van der Waals surface area contributed by atoms with E-state index in [1.54, 1.807) is 31.4 Å². The molecule has 0 radical (unpaired) electrons. The highest BCUT2D eigenvalue weighted by molar-refractivity contribution is 5.89. The van der Waals surface area contributed by atoms with Gasteiger partial charge in [-0.2, -0.15) is 0 Å². The van der Waals surface area contributed by atoms with Gasteiger partial charge in [0.1, 0.15) is 11.5 Å². The predicted molar refractivity (Wildman–Crippen MR) is 87.4 cm³/mol. The molecule has 23 heavy (non-hydrogen) atoms. The Kier molecular flexibility index (Phi) is 6.63. The van der Waals surface area contributed by atoms with Crippen LogP contribution in [-0.2, 0) is 14.3 Å². The number of carbonyl (C=O) groups excluding carboxylic acids is 2. The second-order valence-electron chi connectivity index (χ2n) is 5.85. The molecule has 0 spiro atoms. The molecule has 0 aliphatic rings. The van der Waals surface area contributed by atoms with Crippen LogP contribution in [0.5, 0.6) is 11.5 Å². The molecule has 126 valence electrons. The summed E-state index contributed by atoms with van der Waals surface area (Å²) in [4.78, 5) is 23.3. The van der Waals surface area contributed by atoms with E-state index in [9.17, 15) is 9.59 Å². The number of amides is 1. The van der Waals surface area contributed by atoms with Crippen LogP contribution >= 0.6 is 0 Å². The van der Waals surface area contributed by atoms with Gasteiger partial charge in [-0.3, -0.25) is 4.79 Å². The number of ether oxygens (including phenoxy) is 3. The first kappa shape index (κ1) is 18.5. The van der Waals surface area contributed by atoms with Gasteiger partial charge >= 0.3 is 5.97 Å². The van der Waals surface area contributed by atoms with E-state index in [2.05, 4.69) is 5.32 Å². The highest BCUT2D eigenvalue weighted by Crippen LogP contribution is 2.25. The molecule has 0 saturated heterocycles. The van der Waals surface area contributed by atoms with Crippen molar-refractivity contribution >= 4 is 18.0 Å². The fraction of sp³-hybridized carbons (Fsp3) is 0.412. The summed E-state index contributed by atoms with van der Waals surface area (Å²) in [7, 11) is 3.09. The first-order valence-electron chi connectivity index (χ1n) is 7.13. The third kappa shape index (κ3) is 6.86. The molecule has 0 atom stereocenters. The van der Waals surface area contributed by atoms with E-state index in [1.807, 2.05) is 20.8 Å². The fourth-order valence-corrected chi connectivity index (χ4v) is 1.77. The molecule has 1 rings (SSSR count). The monoisotopic (exact) mass is 321 g/mol. The number of hydrogen-bond acceptors (Lipinski definition) is 5. The molecule has 0 saturated carbocycles. The average Bonchev–Trinajstić information content (AvgIpc) is 2.48. The summed E-state index contributed by atoms with van der Waals surface area (Å²) in [5.41, 5.74) is 0.302. The van der Waals surface area contributed by atoms with Crippen molar-refractivity contribution in [3.63, 3.8) is 0 Å². The van der Waals surface area contributed by atoms with Crippen LogP contribution in [0, 0.1) is 0 Å². The van der Waals surface area contributed by atoms with Crippen LogP contribution in [-0.4, -0.2) is 38.2 Å². The topological polar surface area (TPSA) is 73.9 Å². The molecule has 0 fully saturated rings. The maximum Gasteiger partial charge on any atom is 0.331 e. The molecule has 0 unspecified atom stereocenters. The molecule has 0 aliphatic heterocycles. The van der Waals surface area contributed by atoms with Crippen LogP contribution in [0.2, 0.25) is 0 Å². The van der Waals surface area contributed by atoms with Gasteiger partial charge in [-0.05, 0) is 45.0 Å². The molecule has 1 aromatic carbocycles. The van der Waals surface area contributed by atoms with Crippen LogP contribution in [0.4, 0.5) is 0 Å². The summed E-state index contributed by atoms with van der Waals surface area (Å²) in [6.07, 6.45) is 2.78. The Bertz CT molecular complexity index is 587. The first-order chi connectivity index (χ1) is 10.7. The van der Waals surface area contributed by atoms with Crippen LogP contribution in [0.3, 0.4) is 0 Å². The van der Waals surface area contributed by atoms with Crippen LogP contribution in [0.1, 0.15) is 26.3 Å². The van der Waals surface area contributed by atoms with E-state index in [0.29, 0.717) is 17.1 Å². The van der Waals surface area contributed by atoms with E-state index >= 15 is 0 Å². The van der Waals surface area contributed by atoms with Crippen molar-refractivity contribution in [2.75, 3.05) is 20.8 Å². The van der Waals surface area contributed by atoms with Gasteiger partial charge < -0.3 is 19.5 Å². The molecule has 0 bridgehead atoms. The fourth-order valence-electron chi connectivity index (χ4n) is 1.77. The van der Waals surface area contributed by atoms with Gasteiger partial charge in [0.2, 0.25) is 0 Å². The number of rotatable bonds is 6. The minimum Gasteiger partial charge on any atom is -0.497 e. The molecule has 1 N–H and O–H groups in total. The third-order valence-electron chi connectivity index (χ3n) is 2.70. The highest BCUT2D eigenvalue weighted by atomic mass is 16.5. The van der Waals surface area contributed by atoms with Crippen molar-refractivity contribution in [1.82, 2.24) is 5.32 Å². The summed E-state index contributed by atoms with van der Waals surface area (Å²) in [5.74, 6) is 0.279. The summed E-state index contributed by atoms with van der Waals surface area (Å²) in [5, 5.41) is 2.70. The van der Waals surface area contributed by atoms with E-state index in [1.165, 1.54) is 13.2 Å². The van der Waals surface area contributed by atoms with E-state index in [-0.39, 0.29) is 18.1 Å². The van der Waals surface area contributed by atoms with Crippen molar-refractivity contribution in [3.05, 3.63) is 29.8 Å². The number of nitrogens with one attached hydrogen (secondary N) is 1. The maximum atomic E-state index is 11.7.